The van der Waals surface area contributed by atoms with Crippen molar-refractivity contribution in [2.45, 2.75) is 26.7 Å². The van der Waals surface area contributed by atoms with Crippen molar-refractivity contribution in [3.05, 3.63) is 53.6 Å². The van der Waals surface area contributed by atoms with E-state index in [0.29, 0.717) is 36.8 Å². The molecule has 0 aliphatic heterocycles. The number of methoxy groups -OCH3 is 1. The largest absolute Gasteiger partial charge is 0.493 e. The second-order valence-corrected chi connectivity index (χ2v) is 8.98. The molecule has 0 spiro atoms. The van der Waals surface area contributed by atoms with Crippen molar-refractivity contribution in [2.75, 3.05) is 37.4 Å². The summed E-state index contributed by atoms with van der Waals surface area (Å²) in [5.41, 5.74) is 2.52. The first-order valence-electron chi connectivity index (χ1n) is 9.80. The molecule has 7 nitrogen and oxygen atoms in total. The summed E-state index contributed by atoms with van der Waals surface area (Å²) in [6.45, 7) is 4.70. The van der Waals surface area contributed by atoms with Gasteiger partial charge in [-0.2, -0.15) is 0 Å². The average Bonchev–Trinajstić information content (AvgIpc) is 2.70. The Hall–Kier alpha value is -2.74. The maximum absolute atomic E-state index is 12.3. The van der Waals surface area contributed by atoms with E-state index in [4.69, 9.17) is 9.47 Å². The van der Waals surface area contributed by atoms with Crippen LogP contribution in [0.15, 0.2) is 42.5 Å². The fourth-order valence-corrected chi connectivity index (χ4v) is 4.03. The zero-order valence-corrected chi connectivity index (χ0v) is 18.8. The van der Waals surface area contributed by atoms with Crippen molar-refractivity contribution in [1.29, 1.82) is 0 Å². The van der Waals surface area contributed by atoms with Crippen LogP contribution in [0.2, 0.25) is 0 Å². The fraction of sp³-hybridized carbons (Fsp3) is 0.409. The van der Waals surface area contributed by atoms with Gasteiger partial charge in [0.05, 0.1) is 25.6 Å². The van der Waals surface area contributed by atoms with E-state index in [1.807, 2.05) is 44.2 Å². The molecule has 0 saturated heterocycles. The van der Waals surface area contributed by atoms with Crippen molar-refractivity contribution in [3.63, 3.8) is 0 Å². The Morgan fingerprint density at radius 2 is 1.80 bits per heavy atom. The summed E-state index contributed by atoms with van der Waals surface area (Å²) in [5, 5.41) is 2.79. The Balaban J connectivity index is 1.81. The Morgan fingerprint density at radius 3 is 2.47 bits per heavy atom. The van der Waals surface area contributed by atoms with Gasteiger partial charge >= 0.3 is 0 Å². The number of carbonyl (C=O) groups is 1. The first-order chi connectivity index (χ1) is 14.2. The van der Waals surface area contributed by atoms with Gasteiger partial charge in [0.25, 0.3) is 0 Å². The zero-order valence-electron chi connectivity index (χ0n) is 18.0. The number of aryl methyl sites for hydroxylation is 2. The summed E-state index contributed by atoms with van der Waals surface area (Å²) in [6, 6.07) is 13.0. The lowest BCUT2D eigenvalue weighted by molar-refractivity contribution is -0.121. The van der Waals surface area contributed by atoms with E-state index >= 15 is 0 Å². The van der Waals surface area contributed by atoms with Crippen LogP contribution in [0.25, 0.3) is 0 Å². The second kappa shape index (κ2) is 10.9. The number of amides is 1. The van der Waals surface area contributed by atoms with Crippen LogP contribution in [0.1, 0.15) is 24.0 Å². The van der Waals surface area contributed by atoms with E-state index in [1.165, 1.54) is 10.6 Å². The predicted molar refractivity (Wildman–Crippen MR) is 119 cm³/mol. The number of carbonyl (C=O) groups excluding carboxylic acids is 1. The maximum atomic E-state index is 12.3. The molecule has 8 heteroatoms. The van der Waals surface area contributed by atoms with E-state index in [-0.39, 0.29) is 18.9 Å². The van der Waals surface area contributed by atoms with Crippen LogP contribution in [0.4, 0.5) is 5.69 Å². The van der Waals surface area contributed by atoms with Gasteiger partial charge in [-0.25, -0.2) is 8.42 Å². The van der Waals surface area contributed by atoms with Gasteiger partial charge in [0.15, 0.2) is 11.5 Å². The first kappa shape index (κ1) is 23.5. The highest BCUT2D eigenvalue weighted by Gasteiger charge is 2.19. The number of benzene rings is 2. The van der Waals surface area contributed by atoms with E-state index in [2.05, 4.69) is 5.32 Å². The summed E-state index contributed by atoms with van der Waals surface area (Å²) in [6.07, 6.45) is 1.83. The Labute approximate surface area is 179 Å². The first-order valence-corrected chi connectivity index (χ1v) is 11.6. The third kappa shape index (κ3) is 6.95. The van der Waals surface area contributed by atoms with Crippen LogP contribution in [0.5, 0.6) is 11.5 Å². The van der Waals surface area contributed by atoms with Crippen LogP contribution in [-0.4, -0.2) is 47.4 Å². The second-order valence-electron chi connectivity index (χ2n) is 7.08. The Morgan fingerprint density at radius 1 is 1.10 bits per heavy atom. The number of anilines is 1. The number of sulfonamides is 1. The van der Waals surface area contributed by atoms with Gasteiger partial charge in [0, 0.05) is 13.0 Å². The standard InChI is InChI=1S/C22H30N2O5S/c1-17-11-12-18(2)19(16-17)24(30(4,26)27)14-7-10-22(25)23-13-15-29-21-9-6-5-8-20(21)28-3/h5-6,8-9,11-12,16H,7,10,13-15H2,1-4H3,(H,23,25). The highest BCUT2D eigenvalue weighted by atomic mass is 32.2. The minimum atomic E-state index is -3.44. The molecule has 2 rings (SSSR count). The van der Waals surface area contributed by atoms with Crippen molar-refractivity contribution in [3.8, 4) is 11.5 Å². The monoisotopic (exact) mass is 434 g/mol. The molecule has 164 valence electrons. The van der Waals surface area contributed by atoms with E-state index in [1.54, 1.807) is 19.2 Å². The molecular weight excluding hydrogens is 404 g/mol. The average molecular weight is 435 g/mol. The van der Waals surface area contributed by atoms with E-state index in [0.717, 1.165) is 11.1 Å². The number of hydrogen-bond acceptors (Lipinski definition) is 5. The number of hydrogen-bond donors (Lipinski definition) is 1. The van der Waals surface area contributed by atoms with E-state index in [9.17, 15) is 13.2 Å². The van der Waals surface area contributed by atoms with Crippen LogP contribution >= 0.6 is 0 Å². The molecule has 0 radical (unpaired) electrons. The Kier molecular flexibility index (Phi) is 8.53. The number of nitrogens with one attached hydrogen (secondary N) is 1. The lowest BCUT2D eigenvalue weighted by atomic mass is 10.1. The number of ether oxygens (including phenoxy) is 2. The van der Waals surface area contributed by atoms with E-state index < -0.39 is 10.0 Å². The van der Waals surface area contributed by atoms with Gasteiger partial charge in [-0.1, -0.05) is 24.3 Å². The van der Waals surface area contributed by atoms with Crippen molar-refractivity contribution in [2.24, 2.45) is 0 Å². The topological polar surface area (TPSA) is 84.9 Å². The molecule has 0 aromatic heterocycles. The van der Waals surface area contributed by atoms with Crippen molar-refractivity contribution >= 4 is 21.6 Å². The molecule has 0 bridgehead atoms. The van der Waals surface area contributed by atoms with Crippen LogP contribution in [-0.2, 0) is 14.8 Å². The van der Waals surface area contributed by atoms with Gasteiger partial charge < -0.3 is 14.8 Å². The molecular formula is C22H30N2O5S. The summed E-state index contributed by atoms with van der Waals surface area (Å²) in [7, 11) is -1.87. The van der Waals surface area contributed by atoms with Crippen LogP contribution < -0.4 is 19.1 Å². The third-order valence-corrected chi connectivity index (χ3v) is 5.73. The predicted octanol–water partition coefficient (Wildman–Crippen LogP) is 3.05. The lowest BCUT2D eigenvalue weighted by Crippen LogP contribution is -2.33. The quantitative estimate of drug-likeness (QED) is 0.550. The molecule has 30 heavy (non-hydrogen) atoms. The summed E-state index contributed by atoms with van der Waals surface area (Å²) < 4.78 is 36.7. The molecule has 0 atom stereocenters. The molecule has 2 aromatic rings. The zero-order chi connectivity index (χ0) is 22.1. The number of nitrogens with zero attached hydrogens (tertiary/aromatic N) is 1. The highest BCUT2D eigenvalue weighted by Crippen LogP contribution is 2.26. The van der Waals surface area contributed by atoms with Crippen LogP contribution in [0.3, 0.4) is 0 Å². The SMILES string of the molecule is COc1ccccc1OCCNC(=O)CCCN(c1cc(C)ccc1C)S(C)(=O)=O. The van der Waals surface area contributed by atoms with Gasteiger partial charge in [-0.3, -0.25) is 9.10 Å². The highest BCUT2D eigenvalue weighted by molar-refractivity contribution is 7.92. The lowest BCUT2D eigenvalue weighted by Gasteiger charge is -2.24. The molecule has 0 saturated carbocycles. The van der Waals surface area contributed by atoms with Gasteiger partial charge in [0.1, 0.15) is 6.61 Å². The molecule has 2 aromatic carbocycles. The summed E-state index contributed by atoms with van der Waals surface area (Å²) in [5.74, 6) is 1.11. The number of para-hydroxylation sites is 2. The smallest absolute Gasteiger partial charge is 0.232 e. The van der Waals surface area contributed by atoms with Crippen molar-refractivity contribution in [1.82, 2.24) is 5.32 Å². The molecule has 0 unspecified atom stereocenters. The van der Waals surface area contributed by atoms with Crippen molar-refractivity contribution < 1.29 is 22.7 Å². The fourth-order valence-electron chi connectivity index (χ4n) is 3.01. The van der Waals surface area contributed by atoms with Gasteiger partial charge in [-0.05, 0) is 49.6 Å². The van der Waals surface area contributed by atoms with Gasteiger partial charge in [-0.15, -0.1) is 0 Å². The maximum Gasteiger partial charge on any atom is 0.232 e. The normalized spacial score (nSPS) is 11.1. The molecule has 1 amide bonds. The summed E-state index contributed by atoms with van der Waals surface area (Å²) >= 11 is 0. The molecule has 1 N–H and O–H groups in total. The summed E-state index contributed by atoms with van der Waals surface area (Å²) in [4.78, 5) is 12.1. The van der Waals surface area contributed by atoms with Crippen LogP contribution in [0, 0.1) is 13.8 Å². The third-order valence-electron chi connectivity index (χ3n) is 4.55. The molecule has 0 heterocycles. The Bertz CT molecular complexity index is 960. The molecule has 0 aliphatic carbocycles. The molecule has 0 fully saturated rings. The molecule has 0 aliphatic rings. The number of rotatable bonds is 11. The van der Waals surface area contributed by atoms with Gasteiger partial charge in [0.2, 0.25) is 15.9 Å². The minimum absolute atomic E-state index is 0.145. The minimum Gasteiger partial charge on any atom is -0.493 e.